The number of amides is 4. The Kier molecular flexibility index (Phi) is 10.0. The fourth-order valence-electron chi connectivity index (χ4n) is 7.55. The van der Waals surface area contributed by atoms with Gasteiger partial charge in [-0.2, -0.15) is 0 Å². The maximum absolute atomic E-state index is 14.5. The number of rotatable bonds is 6. The van der Waals surface area contributed by atoms with Crippen LogP contribution in [-0.4, -0.2) is 90.9 Å². The lowest BCUT2D eigenvalue weighted by Gasteiger charge is -2.35. The maximum Gasteiger partial charge on any atom is 0.408 e. The molecule has 3 N–H and O–H groups in total. The van der Waals surface area contributed by atoms with Gasteiger partial charge >= 0.3 is 6.09 Å². The summed E-state index contributed by atoms with van der Waals surface area (Å²) in [5.74, 6) is -4.52. The zero-order valence-electron chi connectivity index (χ0n) is 31.0. The van der Waals surface area contributed by atoms with Crippen LogP contribution < -0.4 is 15.4 Å². The second kappa shape index (κ2) is 14.3. The SMILES string of the molecule is C[C@@H]1CC/C=C/c2ccc3c(c2)/C(=N/O[C@@H]2C[C@@H](C(=O)N[C@@]4(C(=O)NS(=O)(=O)C5CC5)C[C@H]4C(F)F)N(C2)C(=O)[C@H](C(C)(C)C)NC(=O)O1)c1ccccc1-3. The average molecular weight is 782 g/mol. The second-order valence-electron chi connectivity index (χ2n) is 16.2. The number of nitrogens with one attached hydrogen (secondary N) is 3. The molecule has 55 heavy (non-hydrogen) atoms. The van der Waals surface area contributed by atoms with Crippen LogP contribution in [0.4, 0.5) is 13.6 Å². The van der Waals surface area contributed by atoms with E-state index in [-0.39, 0.29) is 13.0 Å². The van der Waals surface area contributed by atoms with E-state index in [1.165, 1.54) is 4.90 Å². The van der Waals surface area contributed by atoms with Crippen molar-refractivity contribution < 1.29 is 46.0 Å². The van der Waals surface area contributed by atoms with Crippen molar-refractivity contribution in [3.05, 3.63) is 65.2 Å². The lowest BCUT2D eigenvalue weighted by molar-refractivity contribution is -0.143. The van der Waals surface area contributed by atoms with Gasteiger partial charge in [0.1, 0.15) is 35.5 Å². The number of fused-ring (bicyclic) bond motifs is 6. The molecule has 0 unspecified atom stereocenters. The summed E-state index contributed by atoms with van der Waals surface area (Å²) in [6.07, 6.45) is -0.192. The number of allylic oxidation sites excluding steroid dienone is 1. The molecule has 3 fully saturated rings. The van der Waals surface area contributed by atoms with Crippen LogP contribution in [0.5, 0.6) is 0 Å². The molecule has 3 aliphatic carbocycles. The van der Waals surface area contributed by atoms with E-state index in [1.54, 1.807) is 27.7 Å². The van der Waals surface area contributed by atoms with Gasteiger partial charge in [0.2, 0.25) is 28.3 Å². The van der Waals surface area contributed by atoms with Crippen molar-refractivity contribution in [1.82, 2.24) is 20.3 Å². The molecule has 2 aromatic rings. The Balaban J connectivity index is 1.24. The Morgan fingerprint density at radius 2 is 1.75 bits per heavy atom. The number of cyclic esters (lactones) is 1. The average Bonchev–Trinajstić information content (AvgIpc) is 4.03. The van der Waals surface area contributed by atoms with E-state index < -0.39 is 93.1 Å². The van der Waals surface area contributed by atoms with E-state index in [0.717, 1.165) is 27.8 Å². The van der Waals surface area contributed by atoms with E-state index in [9.17, 15) is 36.4 Å². The third-order valence-corrected chi connectivity index (χ3v) is 12.7. The molecule has 1 saturated heterocycles. The smallest absolute Gasteiger partial charge is 0.408 e. The number of hydrogen-bond acceptors (Lipinski definition) is 9. The van der Waals surface area contributed by atoms with Crippen LogP contribution in [0.2, 0.25) is 0 Å². The summed E-state index contributed by atoms with van der Waals surface area (Å²) in [5.41, 5.74) is 1.91. The summed E-state index contributed by atoms with van der Waals surface area (Å²) in [6.45, 7) is 6.74. The number of carbonyl (C=O) groups is 4. The monoisotopic (exact) mass is 781 g/mol. The van der Waals surface area contributed by atoms with Crippen molar-refractivity contribution >= 4 is 45.6 Å². The molecule has 2 heterocycles. The summed E-state index contributed by atoms with van der Waals surface area (Å²) in [4.78, 5) is 62.6. The van der Waals surface area contributed by atoms with Crippen molar-refractivity contribution in [2.45, 2.75) is 108 Å². The number of hydrogen-bond donors (Lipinski definition) is 3. The Labute approximate surface area is 318 Å². The number of alkyl carbamates (subject to hydrolysis) is 1. The third-order valence-electron chi connectivity index (χ3n) is 10.9. The minimum Gasteiger partial charge on any atom is -0.447 e. The maximum atomic E-state index is 14.5. The van der Waals surface area contributed by atoms with Gasteiger partial charge in [0.15, 0.2) is 0 Å². The first-order chi connectivity index (χ1) is 26.0. The fourth-order valence-corrected chi connectivity index (χ4v) is 8.92. The zero-order chi connectivity index (χ0) is 39.4. The molecule has 0 spiro atoms. The van der Waals surface area contributed by atoms with Gasteiger partial charge in [-0.1, -0.05) is 74.5 Å². The summed E-state index contributed by atoms with van der Waals surface area (Å²) >= 11 is 0. The molecule has 0 aromatic heterocycles. The highest BCUT2D eigenvalue weighted by atomic mass is 32.2. The van der Waals surface area contributed by atoms with Crippen molar-refractivity contribution in [2.75, 3.05) is 6.54 Å². The molecule has 7 rings (SSSR count). The van der Waals surface area contributed by atoms with E-state index in [1.807, 2.05) is 59.3 Å². The van der Waals surface area contributed by atoms with Crippen LogP contribution in [0.1, 0.15) is 82.9 Å². The predicted molar refractivity (Wildman–Crippen MR) is 198 cm³/mol. The van der Waals surface area contributed by atoms with Gasteiger partial charge in [0, 0.05) is 17.5 Å². The Hall–Kier alpha value is -4.86. The molecular formula is C39H45F2N5O8S. The summed E-state index contributed by atoms with van der Waals surface area (Å²) in [6, 6.07) is 11.1. The van der Waals surface area contributed by atoms with Crippen LogP contribution in [0, 0.1) is 11.3 Å². The quantitative estimate of drug-likeness (QED) is 0.328. The lowest BCUT2D eigenvalue weighted by Crippen LogP contribution is -2.60. The minimum atomic E-state index is -4.13. The van der Waals surface area contributed by atoms with Crippen molar-refractivity contribution in [2.24, 2.45) is 16.5 Å². The highest BCUT2D eigenvalue weighted by Gasteiger charge is 2.67. The standard InChI is InChI=1S/C39H45F2N5O8S/c1-21-9-5-6-10-22-13-16-26-25-11-7-8-12-27(25)31(28(26)17-22)44-54-23-18-30(46(20-23)35(48)32(38(2,3)4)42-37(50)53-21)34(47)43-39(19-29(39)33(40)41)36(49)45-55(51,52)24-14-15-24/h6-8,10-13,16-17,21,23-24,29-30,32-33H,5,9,14-15,18-20H2,1-4H3,(H,42,50)(H,43,47)(H,45,49)/b10-6+,44-31+/t21-,23-,29+,30+,32-,39+/m1/s1. The van der Waals surface area contributed by atoms with Crippen molar-refractivity contribution in [3.8, 4) is 11.1 Å². The number of nitrogens with zero attached hydrogens (tertiary/aromatic N) is 2. The Morgan fingerprint density at radius 1 is 1.04 bits per heavy atom. The highest BCUT2D eigenvalue weighted by Crippen LogP contribution is 2.48. The third kappa shape index (κ3) is 7.69. The molecule has 6 atom stereocenters. The zero-order valence-corrected chi connectivity index (χ0v) is 31.8. The van der Waals surface area contributed by atoms with Crippen molar-refractivity contribution in [3.63, 3.8) is 0 Å². The molecule has 2 saturated carbocycles. The van der Waals surface area contributed by atoms with E-state index in [4.69, 9.17) is 9.57 Å². The van der Waals surface area contributed by atoms with Crippen LogP contribution in [0.15, 0.2) is 53.7 Å². The number of benzene rings is 2. The lowest BCUT2D eigenvalue weighted by atomic mass is 9.85. The van der Waals surface area contributed by atoms with Gasteiger partial charge in [-0.05, 0) is 67.2 Å². The molecule has 294 valence electrons. The van der Waals surface area contributed by atoms with Crippen LogP contribution in [0.3, 0.4) is 0 Å². The Morgan fingerprint density at radius 3 is 2.42 bits per heavy atom. The number of oxime groups is 1. The first-order valence-electron chi connectivity index (χ1n) is 18.6. The largest absolute Gasteiger partial charge is 0.447 e. The number of alkyl halides is 2. The van der Waals surface area contributed by atoms with Gasteiger partial charge in [0.05, 0.1) is 17.7 Å². The van der Waals surface area contributed by atoms with Gasteiger partial charge in [0.25, 0.3) is 5.91 Å². The summed E-state index contributed by atoms with van der Waals surface area (Å²) in [5, 5.41) is 8.88. The van der Waals surface area contributed by atoms with Crippen LogP contribution in [0.25, 0.3) is 17.2 Å². The molecular weight excluding hydrogens is 737 g/mol. The molecule has 2 aromatic carbocycles. The number of sulfonamides is 1. The van der Waals surface area contributed by atoms with Crippen LogP contribution >= 0.6 is 0 Å². The van der Waals surface area contributed by atoms with Gasteiger partial charge in [-0.15, -0.1) is 0 Å². The molecule has 13 nitrogen and oxygen atoms in total. The van der Waals surface area contributed by atoms with Gasteiger partial charge < -0.3 is 25.1 Å². The summed E-state index contributed by atoms with van der Waals surface area (Å²) in [7, 11) is -4.13. The minimum absolute atomic E-state index is 0.151. The molecule has 16 heteroatoms. The van der Waals surface area contributed by atoms with Gasteiger partial charge in [-0.3, -0.25) is 19.1 Å². The van der Waals surface area contributed by atoms with Gasteiger partial charge in [-0.25, -0.2) is 22.0 Å². The molecule has 4 amide bonds. The summed E-state index contributed by atoms with van der Waals surface area (Å²) < 4.78 is 61.0. The number of ether oxygens (including phenoxy) is 1. The van der Waals surface area contributed by atoms with E-state index in [0.29, 0.717) is 31.4 Å². The fraction of sp³-hybridized carbons (Fsp3) is 0.513. The topological polar surface area (TPSA) is 173 Å². The molecule has 5 aliphatic rings. The second-order valence-corrected chi connectivity index (χ2v) is 18.1. The van der Waals surface area contributed by atoms with Crippen LogP contribution in [-0.2, 0) is 34.0 Å². The first kappa shape index (κ1) is 38.4. The predicted octanol–water partition coefficient (Wildman–Crippen LogP) is 4.49. The molecule has 4 bridgehead atoms. The highest BCUT2D eigenvalue weighted by molar-refractivity contribution is 7.91. The Bertz CT molecular complexity index is 2080. The molecule has 0 radical (unpaired) electrons. The number of carbonyl (C=O) groups excluding carboxylic acids is 4. The van der Waals surface area contributed by atoms with Crippen molar-refractivity contribution in [1.29, 1.82) is 0 Å². The normalized spacial score (nSPS) is 29.6. The first-order valence-corrected chi connectivity index (χ1v) is 20.1. The number of halogens is 2. The van der Waals surface area contributed by atoms with E-state index >= 15 is 0 Å². The van der Waals surface area contributed by atoms with E-state index in [2.05, 4.69) is 15.8 Å². The molecule has 2 aliphatic heterocycles.